The molecule has 1 saturated heterocycles. The van der Waals surface area contributed by atoms with Gasteiger partial charge < -0.3 is 5.11 Å². The lowest BCUT2D eigenvalue weighted by atomic mass is 9.85. The summed E-state index contributed by atoms with van der Waals surface area (Å²) in [5.74, 6) is -0.459. The number of carbonyl (C=O) groups is 1. The van der Waals surface area contributed by atoms with Crippen molar-refractivity contribution in [3.63, 3.8) is 0 Å². The first-order valence-corrected chi connectivity index (χ1v) is 7.36. The van der Waals surface area contributed by atoms with Crippen molar-refractivity contribution in [1.29, 1.82) is 0 Å². The predicted octanol–water partition coefficient (Wildman–Crippen LogP) is 3.00. The second kappa shape index (κ2) is 5.20. The van der Waals surface area contributed by atoms with Gasteiger partial charge in [0.25, 0.3) is 0 Å². The van der Waals surface area contributed by atoms with Crippen molar-refractivity contribution < 1.29 is 9.90 Å². The normalized spacial score (nSPS) is 37.4. The summed E-state index contributed by atoms with van der Waals surface area (Å²) in [7, 11) is 0. The van der Waals surface area contributed by atoms with Gasteiger partial charge in [0.1, 0.15) is 0 Å². The van der Waals surface area contributed by atoms with E-state index in [0.29, 0.717) is 17.4 Å². The lowest BCUT2D eigenvalue weighted by molar-refractivity contribution is -0.142. The molecule has 3 nitrogen and oxygen atoms in total. The number of likely N-dealkylation sites (tertiary alicyclic amines) is 1. The van der Waals surface area contributed by atoms with Crippen LogP contribution >= 0.6 is 0 Å². The van der Waals surface area contributed by atoms with Gasteiger partial charge in [-0.2, -0.15) is 0 Å². The Hall–Kier alpha value is -0.570. The second-order valence-electron chi connectivity index (χ2n) is 7.12. The van der Waals surface area contributed by atoms with Crippen molar-refractivity contribution in [3.05, 3.63) is 0 Å². The summed E-state index contributed by atoms with van der Waals surface area (Å²) >= 11 is 0. The van der Waals surface area contributed by atoms with E-state index in [4.69, 9.17) is 0 Å². The van der Waals surface area contributed by atoms with Crippen molar-refractivity contribution in [2.75, 3.05) is 13.1 Å². The summed E-state index contributed by atoms with van der Waals surface area (Å²) in [6.07, 6.45) is 6.38. The highest BCUT2D eigenvalue weighted by atomic mass is 16.4. The molecule has 1 saturated carbocycles. The third-order valence-corrected chi connectivity index (χ3v) is 5.02. The third kappa shape index (κ3) is 3.05. The van der Waals surface area contributed by atoms with E-state index in [9.17, 15) is 9.90 Å². The van der Waals surface area contributed by atoms with E-state index in [0.717, 1.165) is 13.1 Å². The summed E-state index contributed by atoms with van der Waals surface area (Å²) in [4.78, 5) is 13.6. The first kappa shape index (κ1) is 13.9. The quantitative estimate of drug-likeness (QED) is 0.769. The van der Waals surface area contributed by atoms with Crippen molar-refractivity contribution in [2.45, 2.75) is 58.9 Å². The highest BCUT2D eigenvalue weighted by Gasteiger charge is 2.38. The zero-order valence-electron chi connectivity index (χ0n) is 12.0. The molecule has 3 unspecified atom stereocenters. The van der Waals surface area contributed by atoms with E-state index in [1.807, 2.05) is 0 Å². The molecule has 3 heteroatoms. The molecule has 1 heterocycles. The van der Waals surface area contributed by atoms with E-state index in [-0.39, 0.29) is 5.92 Å². The topological polar surface area (TPSA) is 40.5 Å². The predicted molar refractivity (Wildman–Crippen MR) is 72.5 cm³/mol. The van der Waals surface area contributed by atoms with Crippen LogP contribution in [0.5, 0.6) is 0 Å². The number of carboxylic acid groups (broad SMARTS) is 1. The minimum absolute atomic E-state index is 0.152. The molecule has 1 N–H and O–H groups in total. The van der Waals surface area contributed by atoms with E-state index < -0.39 is 5.97 Å². The molecule has 0 aromatic carbocycles. The van der Waals surface area contributed by atoms with Gasteiger partial charge in [0.2, 0.25) is 0 Å². The van der Waals surface area contributed by atoms with Crippen molar-refractivity contribution in [2.24, 2.45) is 17.3 Å². The Morgan fingerprint density at radius 3 is 2.56 bits per heavy atom. The zero-order valence-corrected chi connectivity index (χ0v) is 12.0. The highest BCUT2D eigenvalue weighted by Crippen LogP contribution is 2.37. The van der Waals surface area contributed by atoms with Crippen LogP contribution in [-0.4, -0.2) is 35.1 Å². The van der Waals surface area contributed by atoms with E-state index >= 15 is 0 Å². The second-order valence-corrected chi connectivity index (χ2v) is 7.12. The molecule has 1 aliphatic carbocycles. The molecule has 18 heavy (non-hydrogen) atoms. The molecule has 2 aliphatic rings. The fraction of sp³-hybridized carbons (Fsp3) is 0.933. The molecule has 0 aromatic rings. The number of aliphatic carboxylic acids is 1. The van der Waals surface area contributed by atoms with Crippen LogP contribution in [-0.2, 0) is 4.79 Å². The lowest BCUT2D eigenvalue weighted by Crippen LogP contribution is -2.34. The van der Waals surface area contributed by atoms with Crippen LogP contribution in [0.3, 0.4) is 0 Å². The van der Waals surface area contributed by atoms with Gasteiger partial charge in [0.05, 0.1) is 5.92 Å². The third-order valence-electron chi connectivity index (χ3n) is 5.02. The van der Waals surface area contributed by atoms with Gasteiger partial charge >= 0.3 is 5.97 Å². The van der Waals surface area contributed by atoms with E-state index in [1.165, 1.54) is 32.1 Å². The van der Waals surface area contributed by atoms with Gasteiger partial charge in [-0.15, -0.1) is 0 Å². The van der Waals surface area contributed by atoms with Crippen LogP contribution in [0, 0.1) is 17.3 Å². The SMILES string of the molecule is CC1CN(C2CCCC(C)(C)CC2)CC1C(=O)O. The van der Waals surface area contributed by atoms with Gasteiger partial charge in [0.15, 0.2) is 0 Å². The number of hydrogen-bond acceptors (Lipinski definition) is 2. The fourth-order valence-electron chi connectivity index (χ4n) is 3.63. The monoisotopic (exact) mass is 253 g/mol. The van der Waals surface area contributed by atoms with Crippen LogP contribution in [0.4, 0.5) is 0 Å². The van der Waals surface area contributed by atoms with Crippen molar-refractivity contribution in [1.82, 2.24) is 4.90 Å². The molecule has 0 radical (unpaired) electrons. The molecular formula is C15H27NO2. The maximum atomic E-state index is 11.2. The Morgan fingerprint density at radius 1 is 1.22 bits per heavy atom. The minimum atomic E-state index is -0.612. The van der Waals surface area contributed by atoms with Crippen LogP contribution in [0.1, 0.15) is 52.9 Å². The summed E-state index contributed by atoms with van der Waals surface area (Å²) in [5, 5.41) is 9.21. The van der Waals surface area contributed by atoms with E-state index in [1.54, 1.807) is 0 Å². The Kier molecular flexibility index (Phi) is 4.00. The average Bonchev–Trinajstić information content (AvgIpc) is 2.55. The van der Waals surface area contributed by atoms with Gasteiger partial charge in [-0.3, -0.25) is 9.69 Å². The minimum Gasteiger partial charge on any atom is -0.481 e. The molecule has 104 valence electrons. The number of rotatable bonds is 2. The molecule has 1 aliphatic heterocycles. The van der Waals surface area contributed by atoms with Crippen molar-refractivity contribution >= 4 is 5.97 Å². The van der Waals surface area contributed by atoms with Gasteiger partial charge in [-0.05, 0) is 37.0 Å². The van der Waals surface area contributed by atoms with Crippen LogP contribution < -0.4 is 0 Å². The largest absolute Gasteiger partial charge is 0.481 e. The Labute approximate surface area is 111 Å². The smallest absolute Gasteiger partial charge is 0.308 e. The molecule has 2 fully saturated rings. The highest BCUT2D eigenvalue weighted by molar-refractivity contribution is 5.71. The molecule has 3 atom stereocenters. The molecule has 0 amide bonds. The maximum absolute atomic E-state index is 11.2. The maximum Gasteiger partial charge on any atom is 0.308 e. The lowest BCUT2D eigenvalue weighted by Gasteiger charge is -2.27. The fourth-order valence-corrected chi connectivity index (χ4v) is 3.63. The summed E-state index contributed by atoms with van der Waals surface area (Å²) < 4.78 is 0. The number of carboxylic acids is 1. The van der Waals surface area contributed by atoms with Crippen LogP contribution in [0.15, 0.2) is 0 Å². The summed E-state index contributed by atoms with van der Waals surface area (Å²) in [6, 6.07) is 0.624. The zero-order chi connectivity index (χ0) is 13.3. The first-order valence-electron chi connectivity index (χ1n) is 7.36. The number of hydrogen-bond donors (Lipinski definition) is 1. The standard InChI is InChI=1S/C15H27NO2/c1-11-9-16(10-13(11)14(17)18)12-5-4-7-15(2,3)8-6-12/h11-13H,4-10H2,1-3H3,(H,17,18). The average molecular weight is 253 g/mol. The molecule has 2 rings (SSSR count). The van der Waals surface area contributed by atoms with Gasteiger partial charge in [0, 0.05) is 19.1 Å². The van der Waals surface area contributed by atoms with Crippen LogP contribution in [0.25, 0.3) is 0 Å². The molecule has 0 spiro atoms. The summed E-state index contributed by atoms with van der Waals surface area (Å²) in [6.45, 7) is 8.55. The first-order chi connectivity index (χ1) is 8.39. The Bertz CT molecular complexity index is 314. The Balaban J connectivity index is 1.95. The Morgan fingerprint density at radius 2 is 1.94 bits per heavy atom. The summed E-state index contributed by atoms with van der Waals surface area (Å²) in [5.41, 5.74) is 0.478. The van der Waals surface area contributed by atoms with Gasteiger partial charge in [-0.25, -0.2) is 0 Å². The van der Waals surface area contributed by atoms with Gasteiger partial charge in [-0.1, -0.05) is 27.2 Å². The van der Waals surface area contributed by atoms with Crippen LogP contribution in [0.2, 0.25) is 0 Å². The van der Waals surface area contributed by atoms with Crippen molar-refractivity contribution in [3.8, 4) is 0 Å². The molecular weight excluding hydrogens is 226 g/mol. The number of nitrogens with zero attached hydrogens (tertiary/aromatic N) is 1. The van der Waals surface area contributed by atoms with E-state index in [2.05, 4.69) is 25.7 Å². The molecule has 0 aromatic heterocycles. The molecule has 0 bridgehead atoms.